The summed E-state index contributed by atoms with van der Waals surface area (Å²) >= 11 is 5.83. The van der Waals surface area contributed by atoms with E-state index in [1.165, 1.54) is 0 Å². The zero-order chi connectivity index (χ0) is 9.68. The van der Waals surface area contributed by atoms with E-state index in [0.29, 0.717) is 10.7 Å². The summed E-state index contributed by atoms with van der Waals surface area (Å²) in [5.74, 6) is 0. The Labute approximate surface area is 81.4 Å². The molecular formula is C9H9ClN2O. The summed E-state index contributed by atoms with van der Waals surface area (Å²) in [5.41, 5.74) is 1.37. The molecule has 3 nitrogen and oxygen atoms in total. The predicted molar refractivity (Wildman–Crippen MR) is 53.2 cm³/mol. The van der Waals surface area contributed by atoms with Crippen LogP contribution in [0, 0.1) is 0 Å². The van der Waals surface area contributed by atoms with Gasteiger partial charge in [0.1, 0.15) is 0 Å². The first kappa shape index (κ1) is 9.74. The number of nitrogens with zero attached hydrogens (tertiary/aromatic N) is 2. The normalized spacial score (nSPS) is 12.3. The Bertz CT molecular complexity index is 347. The zero-order valence-corrected chi connectivity index (χ0v) is 7.86. The van der Waals surface area contributed by atoms with Crippen molar-refractivity contribution >= 4 is 23.4 Å². The molecule has 1 rings (SSSR count). The number of halogens is 1. The molecule has 1 aromatic heterocycles. The van der Waals surface area contributed by atoms with Gasteiger partial charge in [-0.2, -0.15) is 0 Å². The fourth-order valence-corrected chi connectivity index (χ4v) is 0.947. The van der Waals surface area contributed by atoms with Crippen molar-refractivity contribution in [3.8, 4) is 0 Å². The van der Waals surface area contributed by atoms with E-state index >= 15 is 0 Å². The topological polar surface area (TPSA) is 45.5 Å². The average molecular weight is 197 g/mol. The van der Waals surface area contributed by atoms with Crippen molar-refractivity contribution in [3.05, 3.63) is 35.1 Å². The van der Waals surface area contributed by atoms with Crippen LogP contribution in [0.15, 0.2) is 29.7 Å². The molecule has 0 aliphatic carbocycles. The van der Waals surface area contributed by atoms with Gasteiger partial charge in [0.05, 0.1) is 10.7 Å². The molecule has 13 heavy (non-hydrogen) atoms. The molecule has 1 N–H and O–H groups in total. The van der Waals surface area contributed by atoms with Gasteiger partial charge < -0.3 is 5.21 Å². The maximum atomic E-state index is 8.37. The number of rotatable bonds is 2. The average Bonchev–Trinajstić information content (AvgIpc) is 2.16. The van der Waals surface area contributed by atoms with E-state index in [1.807, 2.05) is 0 Å². The Morgan fingerprint density at radius 1 is 1.69 bits per heavy atom. The smallest absolute Gasteiger partial charge is 0.0765 e. The van der Waals surface area contributed by atoms with Gasteiger partial charge in [-0.15, -0.1) is 0 Å². The molecule has 0 fully saturated rings. The standard InChI is InChI=1S/C9H9ClN2O/c1-7(12-13)2-3-8-4-5-11-6-9(8)10/h2-6,13H,1H3/b3-2+,12-7+. The quantitative estimate of drug-likeness (QED) is 0.449. The highest BCUT2D eigenvalue weighted by atomic mass is 35.5. The molecule has 0 bridgehead atoms. The van der Waals surface area contributed by atoms with Crippen LogP contribution in [0.2, 0.25) is 5.02 Å². The second kappa shape index (κ2) is 4.62. The van der Waals surface area contributed by atoms with Gasteiger partial charge in [0.15, 0.2) is 0 Å². The Kier molecular flexibility index (Phi) is 3.46. The lowest BCUT2D eigenvalue weighted by Gasteiger charge is -1.94. The first-order chi connectivity index (χ1) is 6.24. The molecule has 0 aliphatic heterocycles. The SMILES string of the molecule is CC(/C=C/c1ccncc1Cl)=N\O. The number of hydrogen-bond acceptors (Lipinski definition) is 3. The van der Waals surface area contributed by atoms with Crippen LogP contribution in [-0.4, -0.2) is 15.9 Å². The van der Waals surface area contributed by atoms with Crippen LogP contribution in [0.1, 0.15) is 12.5 Å². The predicted octanol–water partition coefficient (Wildman–Crippen LogP) is 2.60. The summed E-state index contributed by atoms with van der Waals surface area (Å²) in [6, 6.07) is 1.78. The van der Waals surface area contributed by atoms with Crippen molar-refractivity contribution in [2.45, 2.75) is 6.92 Å². The molecule has 0 atom stereocenters. The molecule has 1 aromatic rings. The lowest BCUT2D eigenvalue weighted by Crippen LogP contribution is -1.83. The number of aromatic nitrogens is 1. The molecule has 0 amide bonds. The second-order valence-electron chi connectivity index (χ2n) is 2.47. The number of oxime groups is 1. The molecule has 4 heteroatoms. The van der Waals surface area contributed by atoms with Crippen LogP contribution in [-0.2, 0) is 0 Å². The van der Waals surface area contributed by atoms with Gasteiger partial charge in [0.25, 0.3) is 0 Å². The van der Waals surface area contributed by atoms with E-state index < -0.39 is 0 Å². The van der Waals surface area contributed by atoms with Crippen molar-refractivity contribution in [1.29, 1.82) is 0 Å². The van der Waals surface area contributed by atoms with Gasteiger partial charge in [-0.3, -0.25) is 4.98 Å². The molecule has 1 heterocycles. The molecule has 0 saturated carbocycles. The van der Waals surface area contributed by atoms with Gasteiger partial charge in [0.2, 0.25) is 0 Å². The molecule has 0 aliphatic rings. The highest BCUT2D eigenvalue weighted by Gasteiger charge is 1.93. The van der Waals surface area contributed by atoms with Crippen LogP contribution >= 0.6 is 11.6 Å². The highest BCUT2D eigenvalue weighted by molar-refractivity contribution is 6.32. The number of pyridine rings is 1. The van der Waals surface area contributed by atoms with E-state index in [0.717, 1.165) is 5.56 Å². The summed E-state index contributed by atoms with van der Waals surface area (Å²) < 4.78 is 0. The molecule has 0 saturated heterocycles. The maximum absolute atomic E-state index is 8.37. The van der Waals surface area contributed by atoms with Gasteiger partial charge >= 0.3 is 0 Å². The largest absolute Gasteiger partial charge is 0.411 e. The summed E-state index contributed by atoms with van der Waals surface area (Å²) in [4.78, 5) is 3.85. The summed E-state index contributed by atoms with van der Waals surface area (Å²) in [7, 11) is 0. The van der Waals surface area contributed by atoms with Crippen molar-refractivity contribution in [2.24, 2.45) is 5.16 Å². The number of hydrogen-bond donors (Lipinski definition) is 1. The lowest BCUT2D eigenvalue weighted by atomic mass is 10.2. The van der Waals surface area contributed by atoms with Crippen LogP contribution in [0.3, 0.4) is 0 Å². The minimum Gasteiger partial charge on any atom is -0.411 e. The van der Waals surface area contributed by atoms with Crippen LogP contribution in [0.25, 0.3) is 6.08 Å². The van der Waals surface area contributed by atoms with Crippen molar-refractivity contribution in [3.63, 3.8) is 0 Å². The van der Waals surface area contributed by atoms with Crippen LogP contribution in [0.5, 0.6) is 0 Å². The molecule has 68 valence electrons. The summed E-state index contributed by atoms with van der Waals surface area (Å²) in [5, 5.41) is 12.0. The molecular weight excluding hydrogens is 188 g/mol. The number of allylic oxidation sites excluding steroid dienone is 1. The van der Waals surface area contributed by atoms with Gasteiger partial charge in [-0.1, -0.05) is 22.8 Å². The summed E-state index contributed by atoms with van der Waals surface area (Å²) in [6.07, 6.45) is 6.64. The van der Waals surface area contributed by atoms with Crippen molar-refractivity contribution in [1.82, 2.24) is 4.98 Å². The van der Waals surface area contributed by atoms with Crippen LogP contribution in [0.4, 0.5) is 0 Å². The molecule has 0 spiro atoms. The Morgan fingerprint density at radius 2 is 2.46 bits per heavy atom. The molecule has 0 radical (unpaired) electrons. The van der Waals surface area contributed by atoms with E-state index in [2.05, 4.69) is 10.1 Å². The third-order valence-electron chi connectivity index (χ3n) is 1.47. The Balaban J connectivity index is 2.86. The second-order valence-corrected chi connectivity index (χ2v) is 2.88. The lowest BCUT2D eigenvalue weighted by molar-refractivity contribution is 0.319. The molecule has 0 aromatic carbocycles. The van der Waals surface area contributed by atoms with E-state index in [9.17, 15) is 0 Å². The van der Waals surface area contributed by atoms with E-state index in [-0.39, 0.29) is 0 Å². The minimum atomic E-state index is 0.521. The molecule has 0 unspecified atom stereocenters. The third-order valence-corrected chi connectivity index (χ3v) is 1.78. The van der Waals surface area contributed by atoms with Crippen molar-refractivity contribution in [2.75, 3.05) is 0 Å². The highest BCUT2D eigenvalue weighted by Crippen LogP contribution is 2.14. The fraction of sp³-hybridized carbons (Fsp3) is 0.111. The summed E-state index contributed by atoms with van der Waals surface area (Å²) in [6.45, 7) is 1.69. The third kappa shape index (κ3) is 2.87. The van der Waals surface area contributed by atoms with Crippen molar-refractivity contribution < 1.29 is 5.21 Å². The van der Waals surface area contributed by atoms with E-state index in [4.69, 9.17) is 16.8 Å². The van der Waals surface area contributed by atoms with Crippen LogP contribution < -0.4 is 0 Å². The monoisotopic (exact) mass is 196 g/mol. The Morgan fingerprint density at radius 3 is 3.08 bits per heavy atom. The van der Waals surface area contributed by atoms with Gasteiger partial charge in [-0.25, -0.2) is 0 Å². The first-order valence-electron chi connectivity index (χ1n) is 3.70. The van der Waals surface area contributed by atoms with Gasteiger partial charge in [-0.05, 0) is 24.6 Å². The van der Waals surface area contributed by atoms with Gasteiger partial charge in [0, 0.05) is 12.4 Å². The Hall–Kier alpha value is -1.35. The zero-order valence-electron chi connectivity index (χ0n) is 7.11. The van der Waals surface area contributed by atoms with E-state index in [1.54, 1.807) is 37.5 Å². The maximum Gasteiger partial charge on any atom is 0.0765 e. The minimum absolute atomic E-state index is 0.521. The first-order valence-corrected chi connectivity index (χ1v) is 4.08. The fourth-order valence-electron chi connectivity index (χ4n) is 0.765.